The Hall–Kier alpha value is -3.20. The van der Waals surface area contributed by atoms with E-state index in [1.807, 2.05) is 36.4 Å². The minimum Gasteiger partial charge on any atom is -0.494 e. The SMILES string of the molecule is COCCCCOc1ccc([C@@H]2[C@@H](OCc3ccc4c(c3)N(CCCOC)CCO4)CNC[C@H]2OCC(O)CO[N+](=O)[O-])cc1. The third-order valence-corrected chi connectivity index (χ3v) is 7.87. The second-order valence-electron chi connectivity index (χ2n) is 11.2. The van der Waals surface area contributed by atoms with E-state index in [1.54, 1.807) is 14.2 Å². The number of rotatable bonds is 20. The normalized spacial score (nSPS) is 20.2. The number of benzene rings is 2. The van der Waals surface area contributed by atoms with Crippen molar-refractivity contribution in [1.29, 1.82) is 0 Å². The molecule has 13 nitrogen and oxygen atoms in total. The van der Waals surface area contributed by atoms with Crippen LogP contribution in [-0.2, 0) is 30.4 Å². The molecule has 45 heavy (non-hydrogen) atoms. The lowest BCUT2D eigenvalue weighted by molar-refractivity contribution is -0.759. The topological polar surface area (TPSA) is 143 Å². The molecule has 1 unspecified atom stereocenters. The Bertz CT molecular complexity index is 1150. The van der Waals surface area contributed by atoms with E-state index < -0.39 is 17.8 Å². The number of nitrogens with zero attached hydrogens (tertiary/aromatic N) is 2. The van der Waals surface area contributed by atoms with Gasteiger partial charge in [-0.2, -0.15) is 0 Å². The number of hydrogen-bond donors (Lipinski definition) is 2. The number of anilines is 1. The van der Waals surface area contributed by atoms with Crippen molar-refractivity contribution in [2.45, 2.75) is 50.1 Å². The third-order valence-electron chi connectivity index (χ3n) is 7.87. The average molecular weight is 634 g/mol. The number of aliphatic hydroxyl groups excluding tert-OH is 1. The van der Waals surface area contributed by atoms with Crippen LogP contribution >= 0.6 is 0 Å². The molecule has 2 N–H and O–H groups in total. The Morgan fingerprint density at radius 1 is 1.00 bits per heavy atom. The van der Waals surface area contributed by atoms with E-state index >= 15 is 0 Å². The summed E-state index contributed by atoms with van der Waals surface area (Å²) in [6.45, 7) is 5.31. The molecule has 2 aromatic rings. The van der Waals surface area contributed by atoms with E-state index in [2.05, 4.69) is 21.1 Å². The van der Waals surface area contributed by atoms with Crippen LogP contribution in [0.15, 0.2) is 42.5 Å². The van der Waals surface area contributed by atoms with E-state index in [1.165, 1.54) is 0 Å². The van der Waals surface area contributed by atoms with Gasteiger partial charge in [-0.15, -0.1) is 10.1 Å². The molecule has 1 saturated heterocycles. The molecule has 0 spiro atoms. The van der Waals surface area contributed by atoms with Crippen LogP contribution in [-0.4, -0.2) is 109 Å². The van der Waals surface area contributed by atoms with Crippen LogP contribution in [0.4, 0.5) is 5.69 Å². The van der Waals surface area contributed by atoms with Crippen molar-refractivity contribution in [2.75, 3.05) is 84.9 Å². The zero-order valence-electron chi connectivity index (χ0n) is 26.3. The highest BCUT2D eigenvalue weighted by Crippen LogP contribution is 2.35. The van der Waals surface area contributed by atoms with E-state index in [0.29, 0.717) is 46.1 Å². The quantitative estimate of drug-likeness (QED) is 0.126. The minimum atomic E-state index is -1.14. The number of piperidine rings is 1. The van der Waals surface area contributed by atoms with Crippen molar-refractivity contribution in [1.82, 2.24) is 5.32 Å². The molecule has 0 saturated carbocycles. The van der Waals surface area contributed by atoms with Gasteiger partial charge in [0.05, 0.1) is 44.3 Å². The highest BCUT2D eigenvalue weighted by atomic mass is 17.0. The van der Waals surface area contributed by atoms with E-state index in [0.717, 1.165) is 60.7 Å². The highest BCUT2D eigenvalue weighted by molar-refractivity contribution is 5.61. The fourth-order valence-electron chi connectivity index (χ4n) is 5.61. The van der Waals surface area contributed by atoms with Gasteiger partial charge in [-0.1, -0.05) is 18.2 Å². The predicted molar refractivity (Wildman–Crippen MR) is 167 cm³/mol. The van der Waals surface area contributed by atoms with Gasteiger partial charge < -0.3 is 48.6 Å². The fourth-order valence-corrected chi connectivity index (χ4v) is 5.61. The number of nitrogens with one attached hydrogen (secondary N) is 1. The molecular formula is C32H47N3O10. The summed E-state index contributed by atoms with van der Waals surface area (Å²) in [4.78, 5) is 17.2. The maximum Gasteiger partial charge on any atom is 0.294 e. The molecule has 2 aromatic carbocycles. The van der Waals surface area contributed by atoms with Gasteiger partial charge in [0, 0.05) is 53.0 Å². The van der Waals surface area contributed by atoms with E-state index in [4.69, 9.17) is 28.4 Å². The number of methoxy groups -OCH3 is 2. The van der Waals surface area contributed by atoms with Gasteiger partial charge in [-0.05, 0) is 54.7 Å². The van der Waals surface area contributed by atoms with Gasteiger partial charge in [0.25, 0.3) is 5.09 Å². The van der Waals surface area contributed by atoms with Crippen LogP contribution in [0.5, 0.6) is 11.5 Å². The second-order valence-corrected chi connectivity index (χ2v) is 11.2. The second kappa shape index (κ2) is 18.7. The zero-order chi connectivity index (χ0) is 31.9. The van der Waals surface area contributed by atoms with Crippen molar-refractivity contribution in [3.05, 3.63) is 63.7 Å². The Kier molecular flexibility index (Phi) is 14.4. The summed E-state index contributed by atoms with van der Waals surface area (Å²) in [6.07, 6.45) is 1.01. The number of ether oxygens (including phenoxy) is 6. The Morgan fingerprint density at radius 3 is 2.49 bits per heavy atom. The van der Waals surface area contributed by atoms with Crippen LogP contribution in [0, 0.1) is 10.1 Å². The monoisotopic (exact) mass is 633 g/mol. The summed E-state index contributed by atoms with van der Waals surface area (Å²) in [7, 11) is 3.41. The molecule has 0 amide bonds. The molecule has 4 atom stereocenters. The van der Waals surface area contributed by atoms with E-state index in [-0.39, 0.29) is 24.7 Å². The first-order valence-electron chi connectivity index (χ1n) is 15.6. The van der Waals surface area contributed by atoms with E-state index in [9.17, 15) is 15.2 Å². The number of aliphatic hydroxyl groups is 1. The summed E-state index contributed by atoms with van der Waals surface area (Å²) in [5, 5.41) is 23.2. The molecule has 0 aliphatic carbocycles. The molecular weight excluding hydrogens is 586 g/mol. The molecule has 0 aromatic heterocycles. The van der Waals surface area contributed by atoms with Gasteiger partial charge >= 0.3 is 0 Å². The smallest absolute Gasteiger partial charge is 0.294 e. The molecule has 2 aliphatic rings. The Labute approximate surface area is 264 Å². The van der Waals surface area contributed by atoms with Crippen LogP contribution in [0.25, 0.3) is 0 Å². The first-order valence-corrected chi connectivity index (χ1v) is 15.6. The summed E-state index contributed by atoms with van der Waals surface area (Å²) in [6, 6.07) is 14.1. The van der Waals surface area contributed by atoms with Crippen LogP contribution in [0.1, 0.15) is 36.3 Å². The van der Waals surface area contributed by atoms with Gasteiger partial charge in [-0.25, -0.2) is 0 Å². The standard InChI is InChI=1S/C32H47N3O10/c1-39-14-3-4-16-41-27-9-7-25(8-10-27)32-30(19-33-20-31(32)44-22-26(36)23-45-35(37)38)43-21-24-6-11-29-28(18-24)34(13-17-42-29)12-5-15-40-2/h6-11,18,26,30-33,36H,3-5,12-17,19-23H2,1-2H3/t26?,30-,31+,32+/m0/s1. The first-order chi connectivity index (χ1) is 22.0. The van der Waals surface area contributed by atoms with Crippen molar-refractivity contribution >= 4 is 5.69 Å². The molecule has 250 valence electrons. The zero-order valence-corrected chi connectivity index (χ0v) is 26.3. The lowest BCUT2D eigenvalue weighted by Crippen LogP contribution is -2.51. The molecule has 4 rings (SSSR count). The Morgan fingerprint density at radius 2 is 1.73 bits per heavy atom. The molecule has 2 heterocycles. The summed E-state index contributed by atoms with van der Waals surface area (Å²) >= 11 is 0. The van der Waals surface area contributed by atoms with Crippen molar-refractivity contribution < 1.29 is 43.5 Å². The molecule has 1 fully saturated rings. The maximum absolute atomic E-state index is 10.5. The predicted octanol–water partition coefficient (Wildman–Crippen LogP) is 2.95. The van der Waals surface area contributed by atoms with Crippen LogP contribution < -0.4 is 19.7 Å². The highest BCUT2D eigenvalue weighted by Gasteiger charge is 2.36. The summed E-state index contributed by atoms with van der Waals surface area (Å²) in [5.41, 5.74) is 3.10. The minimum absolute atomic E-state index is 0.115. The molecule has 2 aliphatic heterocycles. The van der Waals surface area contributed by atoms with Crippen LogP contribution in [0.3, 0.4) is 0 Å². The van der Waals surface area contributed by atoms with Crippen molar-refractivity contribution in [3.8, 4) is 11.5 Å². The van der Waals surface area contributed by atoms with Gasteiger partial charge in [0.2, 0.25) is 0 Å². The lowest BCUT2D eigenvalue weighted by Gasteiger charge is -2.39. The molecule has 13 heteroatoms. The Balaban J connectivity index is 1.45. The van der Waals surface area contributed by atoms with Crippen molar-refractivity contribution in [3.63, 3.8) is 0 Å². The van der Waals surface area contributed by atoms with Gasteiger partial charge in [-0.3, -0.25) is 0 Å². The average Bonchev–Trinajstić information content (AvgIpc) is 3.06. The maximum atomic E-state index is 10.5. The van der Waals surface area contributed by atoms with Crippen LogP contribution in [0.2, 0.25) is 0 Å². The molecule has 0 bridgehead atoms. The van der Waals surface area contributed by atoms with Gasteiger partial charge in [0.15, 0.2) is 0 Å². The third kappa shape index (κ3) is 11.0. The van der Waals surface area contributed by atoms with Crippen molar-refractivity contribution in [2.24, 2.45) is 0 Å². The summed E-state index contributed by atoms with van der Waals surface area (Å²) < 4.78 is 34.8. The first kappa shape index (κ1) is 34.7. The van der Waals surface area contributed by atoms with Gasteiger partial charge in [0.1, 0.15) is 30.8 Å². The molecule has 0 radical (unpaired) electrons. The number of unbranched alkanes of at least 4 members (excludes halogenated alkanes) is 1. The number of fused-ring (bicyclic) bond motifs is 1. The lowest BCUT2D eigenvalue weighted by atomic mass is 9.85. The largest absolute Gasteiger partial charge is 0.494 e. The number of hydrogen-bond acceptors (Lipinski definition) is 12. The summed E-state index contributed by atoms with van der Waals surface area (Å²) in [5.74, 6) is 1.48. The fraction of sp³-hybridized carbons (Fsp3) is 0.625.